The fourth-order valence-corrected chi connectivity index (χ4v) is 1.60. The largest absolute Gasteiger partial charge is 0.383 e. The molecule has 0 atom stereocenters. The molecule has 18 heavy (non-hydrogen) atoms. The van der Waals surface area contributed by atoms with Crippen LogP contribution in [0.2, 0.25) is 0 Å². The van der Waals surface area contributed by atoms with Crippen LogP contribution in [0.15, 0.2) is 18.2 Å². The average Bonchev–Trinajstić information content (AvgIpc) is 2.33. The van der Waals surface area contributed by atoms with E-state index in [-0.39, 0.29) is 12.4 Å². The van der Waals surface area contributed by atoms with E-state index >= 15 is 0 Å². The van der Waals surface area contributed by atoms with Gasteiger partial charge >= 0.3 is 0 Å². The minimum absolute atomic E-state index is 0.269. The molecule has 1 aromatic rings. The summed E-state index contributed by atoms with van der Waals surface area (Å²) >= 11 is 0. The molecule has 0 radical (unpaired) electrons. The van der Waals surface area contributed by atoms with Crippen molar-refractivity contribution in [3.63, 3.8) is 0 Å². The number of likely N-dealkylation sites (N-methyl/N-ethyl adjacent to an activating group) is 1. The van der Waals surface area contributed by atoms with E-state index < -0.39 is 0 Å². The number of hydrogen-bond acceptors (Lipinski definition) is 3. The van der Waals surface area contributed by atoms with E-state index in [2.05, 4.69) is 16.7 Å². The lowest BCUT2D eigenvalue weighted by atomic mass is 10.1. The van der Waals surface area contributed by atoms with Gasteiger partial charge in [0, 0.05) is 25.8 Å². The first kappa shape index (κ1) is 14.7. The summed E-state index contributed by atoms with van der Waals surface area (Å²) in [5.41, 5.74) is 6.86. The van der Waals surface area contributed by atoms with Crippen molar-refractivity contribution in [1.82, 2.24) is 4.90 Å². The van der Waals surface area contributed by atoms with Crippen molar-refractivity contribution < 1.29 is 9.13 Å². The lowest BCUT2D eigenvalue weighted by molar-refractivity contribution is 0.158. The van der Waals surface area contributed by atoms with Gasteiger partial charge in [-0.05, 0) is 30.8 Å². The molecule has 0 aliphatic rings. The molecule has 1 aromatic carbocycles. The fraction of sp³-hybridized carbons (Fsp3) is 0.429. The van der Waals surface area contributed by atoms with Crippen LogP contribution in [0, 0.1) is 17.7 Å². The van der Waals surface area contributed by atoms with Crippen LogP contribution in [0.25, 0.3) is 0 Å². The van der Waals surface area contributed by atoms with E-state index in [1.54, 1.807) is 7.11 Å². The Morgan fingerprint density at radius 1 is 1.39 bits per heavy atom. The first-order valence-electron chi connectivity index (χ1n) is 5.81. The second-order valence-electron chi connectivity index (χ2n) is 4.08. The smallest absolute Gasteiger partial charge is 0.124 e. The molecule has 2 N–H and O–H groups in total. The summed E-state index contributed by atoms with van der Waals surface area (Å²) in [6.07, 6.45) is 0. The van der Waals surface area contributed by atoms with Gasteiger partial charge in [0.25, 0.3) is 0 Å². The maximum absolute atomic E-state index is 13.4. The molecular weight excluding hydrogens is 231 g/mol. The Labute approximate surface area is 108 Å². The number of hydrogen-bond donors (Lipinski definition) is 1. The van der Waals surface area contributed by atoms with E-state index in [9.17, 15) is 4.39 Å². The van der Waals surface area contributed by atoms with Crippen LogP contribution in [0.4, 0.5) is 4.39 Å². The van der Waals surface area contributed by atoms with Crippen LogP contribution in [0.1, 0.15) is 11.1 Å². The molecular formula is C14H19FN2O. The lowest BCUT2D eigenvalue weighted by Crippen LogP contribution is -2.22. The van der Waals surface area contributed by atoms with Crippen molar-refractivity contribution in [3.8, 4) is 11.8 Å². The van der Waals surface area contributed by atoms with Crippen LogP contribution in [0.5, 0.6) is 0 Å². The number of rotatable bonds is 5. The zero-order valence-corrected chi connectivity index (χ0v) is 10.9. The molecule has 0 aromatic heterocycles. The number of benzene rings is 1. The Morgan fingerprint density at radius 3 is 2.83 bits per heavy atom. The van der Waals surface area contributed by atoms with Crippen LogP contribution in [-0.4, -0.2) is 38.8 Å². The second-order valence-corrected chi connectivity index (χ2v) is 4.08. The predicted molar refractivity (Wildman–Crippen MR) is 70.5 cm³/mol. The number of nitrogens with zero attached hydrogens (tertiary/aromatic N) is 1. The maximum Gasteiger partial charge on any atom is 0.124 e. The molecule has 0 aliphatic carbocycles. The van der Waals surface area contributed by atoms with E-state index in [0.717, 1.165) is 12.1 Å². The SMILES string of the molecule is COCCN(C)Cc1cc(F)cc(C#CCN)c1. The Hall–Kier alpha value is -1.41. The van der Waals surface area contributed by atoms with Gasteiger partial charge in [0.1, 0.15) is 5.82 Å². The Bertz CT molecular complexity index is 437. The molecule has 4 heteroatoms. The van der Waals surface area contributed by atoms with Crippen LogP contribution < -0.4 is 5.73 Å². The van der Waals surface area contributed by atoms with E-state index in [1.807, 2.05) is 13.1 Å². The minimum Gasteiger partial charge on any atom is -0.383 e. The monoisotopic (exact) mass is 250 g/mol. The van der Waals surface area contributed by atoms with Crippen molar-refractivity contribution >= 4 is 0 Å². The molecule has 3 nitrogen and oxygen atoms in total. The lowest BCUT2D eigenvalue weighted by Gasteiger charge is -2.16. The van der Waals surface area contributed by atoms with Crippen molar-refractivity contribution in [3.05, 3.63) is 35.1 Å². The van der Waals surface area contributed by atoms with Gasteiger partial charge in [-0.15, -0.1) is 0 Å². The molecule has 0 spiro atoms. The standard InChI is InChI=1S/C14H19FN2O/c1-17(6-7-18-2)11-13-8-12(4-3-5-16)9-14(15)10-13/h8-10H,5-7,11,16H2,1-2H3. The third kappa shape index (κ3) is 5.28. The van der Waals surface area contributed by atoms with Crippen molar-refractivity contribution in [1.29, 1.82) is 0 Å². The van der Waals surface area contributed by atoms with Crippen molar-refractivity contribution in [2.75, 3.05) is 33.9 Å². The van der Waals surface area contributed by atoms with Crippen LogP contribution in [0.3, 0.4) is 0 Å². The molecule has 0 aliphatic heterocycles. The maximum atomic E-state index is 13.4. The summed E-state index contributed by atoms with van der Waals surface area (Å²) < 4.78 is 18.4. The van der Waals surface area contributed by atoms with E-state index in [1.165, 1.54) is 12.1 Å². The van der Waals surface area contributed by atoms with E-state index in [0.29, 0.717) is 18.7 Å². The highest BCUT2D eigenvalue weighted by molar-refractivity contribution is 5.37. The fourth-order valence-electron chi connectivity index (χ4n) is 1.60. The van der Waals surface area contributed by atoms with Crippen molar-refractivity contribution in [2.45, 2.75) is 6.54 Å². The molecule has 0 saturated heterocycles. The quantitative estimate of drug-likeness (QED) is 0.798. The summed E-state index contributed by atoms with van der Waals surface area (Å²) in [5, 5.41) is 0. The molecule has 0 bridgehead atoms. The highest BCUT2D eigenvalue weighted by Crippen LogP contribution is 2.10. The predicted octanol–water partition coefficient (Wildman–Crippen LogP) is 1.21. The Morgan fingerprint density at radius 2 is 2.17 bits per heavy atom. The molecule has 0 amide bonds. The molecule has 1 rings (SSSR count). The normalized spacial score (nSPS) is 10.3. The number of halogens is 1. The number of ether oxygens (including phenoxy) is 1. The van der Waals surface area contributed by atoms with Gasteiger partial charge in [-0.2, -0.15) is 0 Å². The van der Waals surface area contributed by atoms with Gasteiger partial charge in [-0.3, -0.25) is 4.90 Å². The topological polar surface area (TPSA) is 38.5 Å². The minimum atomic E-state index is -0.269. The van der Waals surface area contributed by atoms with Gasteiger partial charge < -0.3 is 10.5 Å². The Balaban J connectivity index is 2.73. The first-order valence-corrected chi connectivity index (χ1v) is 5.81. The molecule has 0 unspecified atom stereocenters. The average molecular weight is 250 g/mol. The second kappa shape index (κ2) is 7.83. The number of nitrogens with two attached hydrogens (primary N) is 1. The van der Waals surface area contributed by atoms with Gasteiger partial charge in [-0.1, -0.05) is 11.8 Å². The van der Waals surface area contributed by atoms with Gasteiger partial charge in [0.05, 0.1) is 13.2 Å². The van der Waals surface area contributed by atoms with Gasteiger partial charge in [0.15, 0.2) is 0 Å². The summed E-state index contributed by atoms with van der Waals surface area (Å²) in [6.45, 7) is 2.40. The Kier molecular flexibility index (Phi) is 6.37. The first-order chi connectivity index (χ1) is 8.65. The van der Waals surface area contributed by atoms with Crippen LogP contribution >= 0.6 is 0 Å². The zero-order valence-electron chi connectivity index (χ0n) is 10.9. The molecule has 0 fully saturated rings. The van der Waals surface area contributed by atoms with Crippen molar-refractivity contribution in [2.24, 2.45) is 5.73 Å². The highest BCUT2D eigenvalue weighted by Gasteiger charge is 2.03. The number of methoxy groups -OCH3 is 1. The molecule has 98 valence electrons. The van der Waals surface area contributed by atoms with Crippen LogP contribution in [-0.2, 0) is 11.3 Å². The zero-order chi connectivity index (χ0) is 13.4. The third-order valence-electron chi connectivity index (χ3n) is 2.42. The molecule has 0 saturated carbocycles. The summed E-state index contributed by atoms with van der Waals surface area (Å²) in [6, 6.07) is 4.83. The third-order valence-corrected chi connectivity index (χ3v) is 2.42. The summed E-state index contributed by atoms with van der Waals surface area (Å²) in [7, 11) is 3.63. The van der Waals surface area contributed by atoms with Gasteiger partial charge in [0.2, 0.25) is 0 Å². The highest BCUT2D eigenvalue weighted by atomic mass is 19.1. The van der Waals surface area contributed by atoms with Gasteiger partial charge in [-0.25, -0.2) is 4.39 Å². The molecule has 0 heterocycles. The summed E-state index contributed by atoms with van der Waals surface area (Å²) in [5.74, 6) is 5.30. The van der Waals surface area contributed by atoms with E-state index in [4.69, 9.17) is 10.5 Å². The summed E-state index contributed by atoms with van der Waals surface area (Å²) in [4.78, 5) is 2.07.